The van der Waals surface area contributed by atoms with Crippen molar-refractivity contribution in [2.24, 2.45) is 0 Å². The Balaban J connectivity index is -0.0000000282. The summed E-state index contributed by atoms with van der Waals surface area (Å²) in [6.45, 7) is 0. The minimum atomic E-state index is 0. The maximum absolute atomic E-state index is 4.25. The lowest BCUT2D eigenvalue weighted by Gasteiger charge is -1.69. The second-order valence-electron chi connectivity index (χ2n) is 1.56. The molecule has 82 valence electrons. The first-order valence-electron chi connectivity index (χ1n) is 2.82. The molecule has 1 aromatic carbocycles. The molecule has 1 nitrogen and oxygen atoms in total. The van der Waals surface area contributed by atoms with Gasteiger partial charge in [-0.1, -0.05) is 36.4 Å². The number of ether oxygens (including phenoxy) is 1. The Morgan fingerprint density at radius 1 is 0.538 bits per heavy atom. The standard InChI is InChI=1S/C6H6.C2H6O.4ClH/c1-2-4-6-5-3-1;1-3-2;;;;/h1-6H;1-2H3;4*1H. The van der Waals surface area contributed by atoms with E-state index in [4.69, 9.17) is 0 Å². The Hall–Kier alpha value is 0.340. The molecular formula is C8H16Cl4O. The first-order chi connectivity index (χ1) is 4.41. The summed E-state index contributed by atoms with van der Waals surface area (Å²) in [5, 5.41) is 0. The van der Waals surface area contributed by atoms with Gasteiger partial charge >= 0.3 is 0 Å². The van der Waals surface area contributed by atoms with Gasteiger partial charge in [-0.25, -0.2) is 0 Å². The number of halogens is 4. The van der Waals surface area contributed by atoms with Crippen LogP contribution in [0.5, 0.6) is 0 Å². The molecule has 5 heteroatoms. The molecule has 0 aromatic heterocycles. The van der Waals surface area contributed by atoms with Crippen molar-refractivity contribution in [2.75, 3.05) is 14.2 Å². The lowest BCUT2D eigenvalue weighted by Crippen LogP contribution is -1.55. The molecule has 0 bridgehead atoms. The van der Waals surface area contributed by atoms with Crippen molar-refractivity contribution in [3.8, 4) is 0 Å². The molecule has 0 aliphatic carbocycles. The molecular weight excluding hydrogens is 254 g/mol. The zero-order valence-electron chi connectivity index (χ0n) is 7.51. The van der Waals surface area contributed by atoms with Crippen LogP contribution in [0.25, 0.3) is 0 Å². The largest absolute Gasteiger partial charge is 0.388 e. The van der Waals surface area contributed by atoms with E-state index in [2.05, 4.69) is 4.74 Å². The summed E-state index contributed by atoms with van der Waals surface area (Å²) in [6.07, 6.45) is 0. The summed E-state index contributed by atoms with van der Waals surface area (Å²) in [4.78, 5) is 0. The van der Waals surface area contributed by atoms with Gasteiger partial charge < -0.3 is 4.74 Å². The highest BCUT2D eigenvalue weighted by atomic mass is 35.5. The van der Waals surface area contributed by atoms with Crippen LogP contribution in [0, 0.1) is 0 Å². The molecule has 0 radical (unpaired) electrons. The van der Waals surface area contributed by atoms with Gasteiger partial charge in [-0.15, -0.1) is 49.6 Å². The Bertz CT molecular complexity index is 99.0. The lowest BCUT2D eigenvalue weighted by atomic mass is 10.4. The predicted octanol–water partition coefficient (Wildman–Crippen LogP) is 3.64. The highest BCUT2D eigenvalue weighted by Gasteiger charge is 1.57. The average Bonchev–Trinajstić information content (AvgIpc) is 1.93. The van der Waals surface area contributed by atoms with E-state index in [1.807, 2.05) is 36.4 Å². The van der Waals surface area contributed by atoms with E-state index in [0.29, 0.717) is 0 Å². The minimum Gasteiger partial charge on any atom is -0.388 e. The zero-order chi connectivity index (χ0) is 6.95. The fourth-order valence-electron chi connectivity index (χ4n) is 0.385. The van der Waals surface area contributed by atoms with Gasteiger partial charge in [0.2, 0.25) is 0 Å². The monoisotopic (exact) mass is 268 g/mol. The fourth-order valence-corrected chi connectivity index (χ4v) is 0.385. The third-order valence-corrected chi connectivity index (χ3v) is 0.667. The van der Waals surface area contributed by atoms with Gasteiger partial charge in [0.05, 0.1) is 0 Å². The molecule has 0 amide bonds. The summed E-state index contributed by atoms with van der Waals surface area (Å²) in [6, 6.07) is 12.0. The summed E-state index contributed by atoms with van der Waals surface area (Å²) in [7, 11) is 3.25. The van der Waals surface area contributed by atoms with Gasteiger partial charge in [-0.3, -0.25) is 0 Å². The Morgan fingerprint density at radius 2 is 0.615 bits per heavy atom. The number of benzene rings is 1. The van der Waals surface area contributed by atoms with Crippen LogP contribution in [0.4, 0.5) is 0 Å². The molecule has 0 aliphatic rings. The van der Waals surface area contributed by atoms with Crippen molar-refractivity contribution in [2.45, 2.75) is 0 Å². The van der Waals surface area contributed by atoms with Crippen molar-refractivity contribution in [1.29, 1.82) is 0 Å². The van der Waals surface area contributed by atoms with E-state index in [-0.39, 0.29) is 49.6 Å². The molecule has 0 aliphatic heterocycles. The number of hydrogen-bond acceptors (Lipinski definition) is 1. The third kappa shape index (κ3) is 32.8. The third-order valence-electron chi connectivity index (χ3n) is 0.667. The van der Waals surface area contributed by atoms with Crippen molar-refractivity contribution >= 4 is 49.6 Å². The number of methoxy groups -OCH3 is 1. The Labute approximate surface area is 105 Å². The molecule has 0 fully saturated rings. The van der Waals surface area contributed by atoms with E-state index < -0.39 is 0 Å². The van der Waals surface area contributed by atoms with E-state index in [1.165, 1.54) is 0 Å². The van der Waals surface area contributed by atoms with Crippen LogP contribution in [0.1, 0.15) is 0 Å². The van der Waals surface area contributed by atoms with Crippen molar-refractivity contribution in [1.82, 2.24) is 0 Å². The Morgan fingerprint density at radius 3 is 0.692 bits per heavy atom. The normalized spacial score (nSPS) is 5.08. The van der Waals surface area contributed by atoms with Crippen LogP contribution in [0.2, 0.25) is 0 Å². The quantitative estimate of drug-likeness (QED) is 0.699. The highest BCUT2D eigenvalue weighted by Crippen LogP contribution is 1.79. The molecule has 0 saturated heterocycles. The second kappa shape index (κ2) is 29.5. The first kappa shape index (κ1) is 29.2. The van der Waals surface area contributed by atoms with Gasteiger partial charge in [0.1, 0.15) is 0 Å². The van der Waals surface area contributed by atoms with Crippen LogP contribution in [0.15, 0.2) is 36.4 Å². The first-order valence-corrected chi connectivity index (χ1v) is 2.82. The van der Waals surface area contributed by atoms with Crippen molar-refractivity contribution in [3.63, 3.8) is 0 Å². The van der Waals surface area contributed by atoms with E-state index in [1.54, 1.807) is 14.2 Å². The molecule has 0 atom stereocenters. The van der Waals surface area contributed by atoms with E-state index in [9.17, 15) is 0 Å². The molecule has 0 unspecified atom stereocenters. The van der Waals surface area contributed by atoms with Gasteiger partial charge in [-0.2, -0.15) is 0 Å². The molecule has 0 saturated carbocycles. The fraction of sp³-hybridized carbons (Fsp3) is 0.250. The summed E-state index contributed by atoms with van der Waals surface area (Å²) >= 11 is 0. The topological polar surface area (TPSA) is 9.23 Å². The van der Waals surface area contributed by atoms with E-state index >= 15 is 0 Å². The summed E-state index contributed by atoms with van der Waals surface area (Å²) in [5.41, 5.74) is 0. The summed E-state index contributed by atoms with van der Waals surface area (Å²) < 4.78 is 4.25. The van der Waals surface area contributed by atoms with Crippen LogP contribution >= 0.6 is 49.6 Å². The molecule has 13 heavy (non-hydrogen) atoms. The molecule has 0 heterocycles. The number of rotatable bonds is 0. The predicted molar refractivity (Wildman–Crippen MR) is 68.4 cm³/mol. The average molecular weight is 270 g/mol. The highest BCUT2D eigenvalue weighted by molar-refractivity contribution is 5.86. The van der Waals surface area contributed by atoms with Crippen molar-refractivity contribution < 1.29 is 4.74 Å². The van der Waals surface area contributed by atoms with Gasteiger partial charge in [0, 0.05) is 14.2 Å². The molecule has 0 N–H and O–H groups in total. The molecule has 1 rings (SSSR count). The smallest absolute Gasteiger partial charge is 0.0351 e. The maximum Gasteiger partial charge on any atom is 0.0351 e. The zero-order valence-corrected chi connectivity index (χ0v) is 10.8. The number of hydrogen-bond donors (Lipinski definition) is 0. The molecule has 1 aromatic rings. The lowest BCUT2D eigenvalue weighted by molar-refractivity contribution is 0.277. The van der Waals surface area contributed by atoms with Crippen LogP contribution in [-0.4, -0.2) is 14.2 Å². The SMILES string of the molecule is COC.Cl.Cl.Cl.Cl.c1ccccc1. The molecule has 0 spiro atoms. The van der Waals surface area contributed by atoms with Crippen molar-refractivity contribution in [3.05, 3.63) is 36.4 Å². The van der Waals surface area contributed by atoms with Crippen LogP contribution in [0.3, 0.4) is 0 Å². The van der Waals surface area contributed by atoms with E-state index in [0.717, 1.165) is 0 Å². The van der Waals surface area contributed by atoms with Gasteiger partial charge in [-0.05, 0) is 0 Å². The van der Waals surface area contributed by atoms with Gasteiger partial charge in [0.15, 0.2) is 0 Å². The van der Waals surface area contributed by atoms with Gasteiger partial charge in [0.25, 0.3) is 0 Å². The van der Waals surface area contributed by atoms with Crippen LogP contribution < -0.4 is 0 Å². The minimum absolute atomic E-state index is 0. The second-order valence-corrected chi connectivity index (χ2v) is 1.56. The van der Waals surface area contributed by atoms with Crippen LogP contribution in [-0.2, 0) is 4.74 Å². The maximum atomic E-state index is 4.25. The summed E-state index contributed by atoms with van der Waals surface area (Å²) in [5.74, 6) is 0. The Kier molecular flexibility index (Phi) is 66.2.